The average molecular weight is 270 g/mol. The Hall–Kier alpha value is -1.97. The van der Waals surface area contributed by atoms with Gasteiger partial charge in [0.2, 0.25) is 0 Å². The topological polar surface area (TPSA) is 33.1 Å². The Labute approximate surface area is 120 Å². The van der Waals surface area contributed by atoms with Crippen molar-refractivity contribution in [2.45, 2.75) is 32.9 Å². The van der Waals surface area contributed by atoms with Crippen LogP contribution in [0.1, 0.15) is 24.5 Å². The summed E-state index contributed by atoms with van der Waals surface area (Å²) in [7, 11) is 2.18. The Morgan fingerprint density at radius 1 is 1.35 bits per heavy atom. The van der Waals surface area contributed by atoms with Gasteiger partial charge in [-0.1, -0.05) is 12.1 Å². The Bertz CT molecular complexity index is 588. The van der Waals surface area contributed by atoms with E-state index < -0.39 is 0 Å². The van der Waals surface area contributed by atoms with Gasteiger partial charge in [0, 0.05) is 38.6 Å². The normalized spacial score (nSPS) is 14.2. The number of nitrogens with zero attached hydrogens (tertiary/aromatic N) is 3. The highest BCUT2D eigenvalue weighted by atomic mass is 15.3. The predicted octanol–water partition coefficient (Wildman–Crippen LogP) is 2.90. The number of rotatable bonds is 4. The van der Waals surface area contributed by atoms with Crippen LogP contribution >= 0.6 is 0 Å². The molecule has 4 nitrogen and oxygen atoms in total. The van der Waals surface area contributed by atoms with Crippen LogP contribution in [-0.2, 0) is 19.5 Å². The van der Waals surface area contributed by atoms with Gasteiger partial charge in [-0.2, -0.15) is 5.10 Å². The number of aromatic nitrogens is 2. The molecule has 3 rings (SSSR count). The number of hydrogen-bond acceptors (Lipinski definition) is 3. The fourth-order valence-electron chi connectivity index (χ4n) is 2.78. The molecule has 106 valence electrons. The molecule has 0 unspecified atom stereocenters. The third-order valence-corrected chi connectivity index (χ3v) is 3.95. The average Bonchev–Trinajstić information content (AvgIpc) is 2.93. The van der Waals surface area contributed by atoms with Gasteiger partial charge in [-0.05, 0) is 37.0 Å². The predicted molar refractivity (Wildman–Crippen MR) is 83.3 cm³/mol. The molecule has 4 heteroatoms. The molecule has 1 aromatic carbocycles. The van der Waals surface area contributed by atoms with Crippen molar-refractivity contribution in [1.29, 1.82) is 0 Å². The van der Waals surface area contributed by atoms with Gasteiger partial charge >= 0.3 is 0 Å². The minimum atomic E-state index is 0.854. The fraction of sp³-hybridized carbons (Fsp3) is 0.438. The smallest absolute Gasteiger partial charge is 0.0729 e. The zero-order valence-electron chi connectivity index (χ0n) is 12.3. The highest BCUT2D eigenvalue weighted by Crippen LogP contribution is 2.27. The van der Waals surface area contributed by atoms with E-state index in [1.54, 1.807) is 0 Å². The lowest BCUT2D eigenvalue weighted by Crippen LogP contribution is -2.24. The summed E-state index contributed by atoms with van der Waals surface area (Å²) in [6.45, 7) is 5.02. The molecule has 0 bridgehead atoms. The lowest BCUT2D eigenvalue weighted by atomic mass is 9.99. The minimum absolute atomic E-state index is 0.854. The second-order valence-corrected chi connectivity index (χ2v) is 5.43. The molecule has 0 radical (unpaired) electrons. The van der Waals surface area contributed by atoms with Crippen LogP contribution in [0.3, 0.4) is 0 Å². The van der Waals surface area contributed by atoms with E-state index in [1.165, 1.54) is 36.2 Å². The molecule has 0 fully saturated rings. The van der Waals surface area contributed by atoms with Gasteiger partial charge in [0.05, 0.1) is 11.9 Å². The van der Waals surface area contributed by atoms with Crippen molar-refractivity contribution in [3.05, 3.63) is 41.7 Å². The van der Waals surface area contributed by atoms with E-state index in [-0.39, 0.29) is 0 Å². The van der Waals surface area contributed by atoms with Crippen LogP contribution in [-0.4, -0.2) is 23.4 Å². The van der Waals surface area contributed by atoms with Crippen LogP contribution in [0.25, 0.3) is 0 Å². The summed E-state index contributed by atoms with van der Waals surface area (Å²) in [4.78, 5) is 2.35. The van der Waals surface area contributed by atoms with E-state index in [1.807, 2.05) is 17.1 Å². The van der Waals surface area contributed by atoms with E-state index in [0.29, 0.717) is 0 Å². The molecule has 0 spiro atoms. The van der Waals surface area contributed by atoms with Crippen LogP contribution in [0, 0.1) is 0 Å². The summed E-state index contributed by atoms with van der Waals surface area (Å²) in [5.74, 6) is 0. The van der Waals surface area contributed by atoms with Crippen molar-refractivity contribution in [3.8, 4) is 0 Å². The summed E-state index contributed by atoms with van der Waals surface area (Å²) in [5.41, 5.74) is 5.28. The van der Waals surface area contributed by atoms with Gasteiger partial charge in [0.15, 0.2) is 0 Å². The highest BCUT2D eigenvalue weighted by Gasteiger charge is 2.13. The number of anilines is 2. The largest absolute Gasteiger partial charge is 0.378 e. The molecule has 1 aliphatic heterocycles. The minimum Gasteiger partial charge on any atom is -0.378 e. The molecule has 20 heavy (non-hydrogen) atoms. The van der Waals surface area contributed by atoms with E-state index >= 15 is 0 Å². The Morgan fingerprint density at radius 3 is 3.05 bits per heavy atom. The molecule has 0 amide bonds. The first-order valence-electron chi connectivity index (χ1n) is 7.35. The van der Waals surface area contributed by atoms with Crippen molar-refractivity contribution in [2.24, 2.45) is 0 Å². The van der Waals surface area contributed by atoms with Crippen molar-refractivity contribution >= 4 is 11.4 Å². The number of benzene rings is 1. The quantitative estimate of drug-likeness (QED) is 0.927. The number of nitrogens with one attached hydrogen (secondary N) is 1. The lowest BCUT2D eigenvalue weighted by molar-refractivity contribution is 0.660. The number of fused-ring (bicyclic) bond motifs is 1. The number of hydrogen-bond donors (Lipinski definition) is 1. The van der Waals surface area contributed by atoms with E-state index in [2.05, 4.69) is 47.5 Å². The summed E-state index contributed by atoms with van der Waals surface area (Å²) in [6.07, 6.45) is 6.38. The zero-order valence-corrected chi connectivity index (χ0v) is 12.3. The first kappa shape index (κ1) is 13.0. The van der Waals surface area contributed by atoms with Gasteiger partial charge in [0.25, 0.3) is 0 Å². The molecule has 1 aromatic heterocycles. The van der Waals surface area contributed by atoms with Crippen molar-refractivity contribution in [3.63, 3.8) is 0 Å². The standard InChI is InChI=1S/C16H22N4/c1-3-20-12-15(11-18-20)17-10-13-6-7-16-14(9-13)5-4-8-19(16)2/h6-7,9,11-12,17H,3-5,8,10H2,1-2H3. The Balaban J connectivity index is 1.68. The van der Waals surface area contributed by atoms with Crippen LogP contribution in [0.4, 0.5) is 11.4 Å². The van der Waals surface area contributed by atoms with Gasteiger partial charge in [-0.15, -0.1) is 0 Å². The molecule has 0 aliphatic carbocycles. The Morgan fingerprint density at radius 2 is 2.25 bits per heavy atom. The SMILES string of the molecule is CCn1cc(NCc2ccc3c(c2)CCCN3C)cn1. The van der Waals surface area contributed by atoms with Gasteiger partial charge in [0.1, 0.15) is 0 Å². The maximum atomic E-state index is 4.27. The van der Waals surface area contributed by atoms with E-state index in [9.17, 15) is 0 Å². The van der Waals surface area contributed by atoms with Gasteiger partial charge < -0.3 is 10.2 Å². The summed E-state index contributed by atoms with van der Waals surface area (Å²) in [5, 5.41) is 7.71. The lowest BCUT2D eigenvalue weighted by Gasteiger charge is -2.27. The number of aryl methyl sites for hydroxylation is 2. The second kappa shape index (κ2) is 5.57. The molecule has 0 saturated heterocycles. The molecular weight excluding hydrogens is 248 g/mol. The maximum Gasteiger partial charge on any atom is 0.0729 e. The maximum absolute atomic E-state index is 4.27. The van der Waals surface area contributed by atoms with E-state index in [4.69, 9.17) is 0 Å². The first-order valence-corrected chi connectivity index (χ1v) is 7.35. The zero-order chi connectivity index (χ0) is 13.9. The van der Waals surface area contributed by atoms with Crippen LogP contribution in [0.15, 0.2) is 30.6 Å². The molecule has 1 aliphatic rings. The van der Waals surface area contributed by atoms with Crippen LogP contribution in [0.2, 0.25) is 0 Å². The molecule has 2 heterocycles. The van der Waals surface area contributed by atoms with Crippen molar-refractivity contribution < 1.29 is 0 Å². The molecule has 1 N–H and O–H groups in total. The van der Waals surface area contributed by atoms with E-state index in [0.717, 1.165) is 18.8 Å². The Kier molecular flexibility index (Phi) is 3.63. The summed E-state index contributed by atoms with van der Waals surface area (Å²) in [6, 6.07) is 6.81. The molecule has 0 saturated carbocycles. The summed E-state index contributed by atoms with van der Waals surface area (Å²) >= 11 is 0. The van der Waals surface area contributed by atoms with Crippen LogP contribution in [0.5, 0.6) is 0 Å². The first-order chi connectivity index (χ1) is 9.76. The fourth-order valence-corrected chi connectivity index (χ4v) is 2.78. The molecule has 0 atom stereocenters. The molecule has 2 aromatic rings. The summed E-state index contributed by atoms with van der Waals surface area (Å²) < 4.78 is 1.93. The van der Waals surface area contributed by atoms with Gasteiger partial charge in [-0.25, -0.2) is 0 Å². The second-order valence-electron chi connectivity index (χ2n) is 5.43. The highest BCUT2D eigenvalue weighted by molar-refractivity contribution is 5.56. The van der Waals surface area contributed by atoms with Crippen molar-refractivity contribution in [1.82, 2.24) is 9.78 Å². The van der Waals surface area contributed by atoms with Crippen LogP contribution < -0.4 is 10.2 Å². The monoisotopic (exact) mass is 270 g/mol. The van der Waals surface area contributed by atoms with Gasteiger partial charge in [-0.3, -0.25) is 4.68 Å². The third kappa shape index (κ3) is 2.64. The third-order valence-electron chi connectivity index (χ3n) is 3.95. The molecular formula is C16H22N4. The van der Waals surface area contributed by atoms with Crippen molar-refractivity contribution in [2.75, 3.05) is 23.8 Å².